The van der Waals surface area contributed by atoms with Crippen molar-refractivity contribution in [2.75, 3.05) is 13.2 Å². The van der Waals surface area contributed by atoms with Crippen molar-refractivity contribution in [2.45, 2.75) is 19.1 Å². The van der Waals surface area contributed by atoms with E-state index in [0.29, 0.717) is 0 Å². The van der Waals surface area contributed by atoms with Gasteiger partial charge in [0.2, 0.25) is 0 Å². The Hall–Kier alpha value is -0.510. The molecule has 1 unspecified atom stereocenters. The monoisotopic (exact) mass is 203 g/mol. The number of rotatable bonds is 2. The highest BCUT2D eigenvalue weighted by molar-refractivity contribution is 5.85. The molecule has 0 aliphatic carbocycles. The van der Waals surface area contributed by atoms with E-state index in [-0.39, 0.29) is 18.6 Å². The second-order valence-corrected chi connectivity index (χ2v) is 2.95. The maximum Gasteiger partial charge on any atom is 0.115 e. The molecule has 4 heteroatoms. The Bertz CT molecular complexity index is 220. The SMILES string of the molecule is Cl.c1coc(CC2NCCCO2)c1. The highest BCUT2D eigenvalue weighted by atomic mass is 35.5. The van der Waals surface area contributed by atoms with Gasteiger partial charge in [-0.25, -0.2) is 0 Å². The Morgan fingerprint density at radius 2 is 2.46 bits per heavy atom. The standard InChI is InChI=1S/C9H13NO2.ClH/c1-3-8(11-5-1)7-9-10-4-2-6-12-9;/h1,3,5,9-10H,2,4,6-7H2;1H. The van der Waals surface area contributed by atoms with Crippen molar-refractivity contribution in [3.63, 3.8) is 0 Å². The van der Waals surface area contributed by atoms with Gasteiger partial charge in [-0.3, -0.25) is 5.32 Å². The molecule has 0 bridgehead atoms. The number of nitrogens with one attached hydrogen (secondary N) is 1. The molecule has 0 radical (unpaired) electrons. The summed E-state index contributed by atoms with van der Waals surface area (Å²) in [7, 11) is 0. The molecule has 1 aliphatic rings. The first kappa shape index (κ1) is 10.6. The summed E-state index contributed by atoms with van der Waals surface area (Å²) in [5, 5.41) is 3.28. The molecule has 2 heterocycles. The topological polar surface area (TPSA) is 34.4 Å². The number of halogens is 1. The zero-order valence-electron chi connectivity index (χ0n) is 7.36. The maximum absolute atomic E-state index is 5.48. The molecule has 1 fully saturated rings. The van der Waals surface area contributed by atoms with Crippen LogP contribution in [0.4, 0.5) is 0 Å². The molecule has 1 aliphatic heterocycles. The van der Waals surface area contributed by atoms with Crippen molar-refractivity contribution in [1.29, 1.82) is 0 Å². The normalized spacial score (nSPS) is 22.3. The van der Waals surface area contributed by atoms with Gasteiger partial charge in [0.1, 0.15) is 12.0 Å². The molecule has 0 aromatic carbocycles. The molecule has 1 atom stereocenters. The van der Waals surface area contributed by atoms with Crippen LogP contribution in [0.5, 0.6) is 0 Å². The van der Waals surface area contributed by atoms with Gasteiger partial charge >= 0.3 is 0 Å². The van der Waals surface area contributed by atoms with Gasteiger partial charge in [0.15, 0.2) is 0 Å². The molecule has 74 valence electrons. The number of furan rings is 1. The summed E-state index contributed by atoms with van der Waals surface area (Å²) in [5.74, 6) is 0.981. The molecule has 13 heavy (non-hydrogen) atoms. The third kappa shape index (κ3) is 3.03. The van der Waals surface area contributed by atoms with Crippen molar-refractivity contribution < 1.29 is 9.15 Å². The fourth-order valence-corrected chi connectivity index (χ4v) is 1.36. The van der Waals surface area contributed by atoms with E-state index in [4.69, 9.17) is 9.15 Å². The quantitative estimate of drug-likeness (QED) is 0.793. The Balaban J connectivity index is 0.000000845. The fraction of sp³-hybridized carbons (Fsp3) is 0.556. The minimum Gasteiger partial charge on any atom is -0.469 e. The molecular formula is C9H14ClNO2. The lowest BCUT2D eigenvalue weighted by Crippen LogP contribution is -2.39. The third-order valence-corrected chi connectivity index (χ3v) is 1.98. The molecule has 1 N–H and O–H groups in total. The van der Waals surface area contributed by atoms with E-state index in [1.807, 2.05) is 12.1 Å². The molecule has 1 aromatic rings. The van der Waals surface area contributed by atoms with E-state index in [9.17, 15) is 0 Å². The predicted octanol–water partition coefficient (Wildman–Crippen LogP) is 1.58. The van der Waals surface area contributed by atoms with Crippen LogP contribution in [-0.2, 0) is 11.2 Å². The highest BCUT2D eigenvalue weighted by Crippen LogP contribution is 2.07. The Kier molecular flexibility index (Phi) is 4.28. The van der Waals surface area contributed by atoms with Gasteiger partial charge in [-0.1, -0.05) is 0 Å². The van der Waals surface area contributed by atoms with Gasteiger partial charge in [0, 0.05) is 13.0 Å². The molecule has 0 amide bonds. The smallest absolute Gasteiger partial charge is 0.115 e. The lowest BCUT2D eigenvalue weighted by Gasteiger charge is -2.23. The van der Waals surface area contributed by atoms with Crippen molar-refractivity contribution in [2.24, 2.45) is 0 Å². The van der Waals surface area contributed by atoms with E-state index in [2.05, 4.69) is 5.32 Å². The zero-order chi connectivity index (χ0) is 8.23. The van der Waals surface area contributed by atoms with Gasteiger partial charge in [-0.15, -0.1) is 12.4 Å². The van der Waals surface area contributed by atoms with Crippen molar-refractivity contribution in [3.8, 4) is 0 Å². The minimum atomic E-state index is 0. The summed E-state index contributed by atoms with van der Waals surface area (Å²) in [5.41, 5.74) is 0. The van der Waals surface area contributed by atoms with Crippen molar-refractivity contribution in [3.05, 3.63) is 24.2 Å². The average Bonchev–Trinajstić information content (AvgIpc) is 2.59. The molecule has 1 saturated heterocycles. The van der Waals surface area contributed by atoms with Gasteiger partial charge in [-0.2, -0.15) is 0 Å². The molecule has 2 rings (SSSR count). The second-order valence-electron chi connectivity index (χ2n) is 2.95. The minimum absolute atomic E-state index is 0. The first-order valence-corrected chi connectivity index (χ1v) is 4.32. The summed E-state index contributed by atoms with van der Waals surface area (Å²) in [6.07, 6.45) is 3.77. The zero-order valence-corrected chi connectivity index (χ0v) is 8.18. The van der Waals surface area contributed by atoms with Crippen LogP contribution in [0.25, 0.3) is 0 Å². The summed E-state index contributed by atoms with van der Waals surface area (Å²) in [6, 6.07) is 3.87. The van der Waals surface area contributed by atoms with Crippen LogP contribution in [0, 0.1) is 0 Å². The van der Waals surface area contributed by atoms with E-state index in [1.165, 1.54) is 0 Å². The van der Waals surface area contributed by atoms with Gasteiger partial charge in [0.25, 0.3) is 0 Å². The number of ether oxygens (including phenoxy) is 1. The Morgan fingerprint density at radius 3 is 3.08 bits per heavy atom. The van der Waals surface area contributed by atoms with Crippen molar-refractivity contribution >= 4 is 12.4 Å². The second kappa shape index (κ2) is 5.27. The first-order valence-electron chi connectivity index (χ1n) is 4.32. The van der Waals surface area contributed by atoms with E-state index in [0.717, 1.165) is 31.8 Å². The molecule has 0 spiro atoms. The van der Waals surface area contributed by atoms with Crippen LogP contribution in [0.3, 0.4) is 0 Å². The highest BCUT2D eigenvalue weighted by Gasteiger charge is 2.13. The van der Waals surface area contributed by atoms with Gasteiger partial charge in [-0.05, 0) is 25.1 Å². The Labute approximate surface area is 83.9 Å². The molecule has 0 saturated carbocycles. The largest absolute Gasteiger partial charge is 0.469 e. The molecule has 1 aromatic heterocycles. The maximum atomic E-state index is 5.48. The van der Waals surface area contributed by atoms with Crippen LogP contribution < -0.4 is 5.32 Å². The third-order valence-electron chi connectivity index (χ3n) is 1.98. The van der Waals surface area contributed by atoms with Crippen LogP contribution >= 0.6 is 12.4 Å². The van der Waals surface area contributed by atoms with E-state index >= 15 is 0 Å². The van der Waals surface area contributed by atoms with Crippen molar-refractivity contribution in [1.82, 2.24) is 5.32 Å². The lowest BCUT2D eigenvalue weighted by molar-refractivity contribution is -0.000834. The molecule has 3 nitrogen and oxygen atoms in total. The summed E-state index contributed by atoms with van der Waals surface area (Å²) in [4.78, 5) is 0. The van der Waals surface area contributed by atoms with E-state index in [1.54, 1.807) is 6.26 Å². The summed E-state index contributed by atoms with van der Waals surface area (Å²) >= 11 is 0. The number of hydrogen-bond donors (Lipinski definition) is 1. The first-order chi connectivity index (χ1) is 5.95. The van der Waals surface area contributed by atoms with E-state index < -0.39 is 0 Å². The average molecular weight is 204 g/mol. The van der Waals surface area contributed by atoms with Crippen LogP contribution in [-0.4, -0.2) is 19.4 Å². The van der Waals surface area contributed by atoms with Gasteiger partial charge < -0.3 is 9.15 Å². The fourth-order valence-electron chi connectivity index (χ4n) is 1.36. The molecular weight excluding hydrogens is 190 g/mol. The predicted molar refractivity (Wildman–Crippen MR) is 52.0 cm³/mol. The van der Waals surface area contributed by atoms with Crippen LogP contribution in [0.1, 0.15) is 12.2 Å². The van der Waals surface area contributed by atoms with Crippen LogP contribution in [0.15, 0.2) is 22.8 Å². The number of hydrogen-bond acceptors (Lipinski definition) is 3. The lowest BCUT2D eigenvalue weighted by atomic mass is 10.2. The Morgan fingerprint density at radius 1 is 1.54 bits per heavy atom. The van der Waals surface area contributed by atoms with Crippen LogP contribution in [0.2, 0.25) is 0 Å². The van der Waals surface area contributed by atoms with Gasteiger partial charge in [0.05, 0.1) is 6.26 Å². The summed E-state index contributed by atoms with van der Waals surface area (Å²) in [6.45, 7) is 1.91. The summed E-state index contributed by atoms with van der Waals surface area (Å²) < 4.78 is 10.7.